The number of hydrogen-bond acceptors (Lipinski definition) is 2. The van der Waals surface area contributed by atoms with Gasteiger partial charge in [0.05, 0.1) is 11.2 Å². The van der Waals surface area contributed by atoms with Gasteiger partial charge in [0.2, 0.25) is 0 Å². The summed E-state index contributed by atoms with van der Waals surface area (Å²) in [5.41, 5.74) is 1.54. The van der Waals surface area contributed by atoms with Crippen molar-refractivity contribution in [3.05, 3.63) is 83.2 Å². The van der Waals surface area contributed by atoms with Crippen LogP contribution in [-0.2, 0) is 0 Å². The molecule has 0 unspecified atom stereocenters. The number of aromatic hydroxyl groups is 1. The molecule has 0 saturated carbocycles. The fourth-order valence-corrected chi connectivity index (χ4v) is 2.87. The van der Waals surface area contributed by atoms with Crippen molar-refractivity contribution in [3.63, 3.8) is 0 Å². The molecule has 4 rings (SSSR count). The lowest BCUT2D eigenvalue weighted by Crippen LogP contribution is -2.17. The fourth-order valence-electron chi connectivity index (χ4n) is 2.87. The Labute approximate surface area is 126 Å². The van der Waals surface area contributed by atoms with Crippen LogP contribution in [0.15, 0.2) is 77.6 Å². The predicted octanol–water partition coefficient (Wildman–Crippen LogP) is 3.85. The molecule has 1 heterocycles. The van der Waals surface area contributed by atoms with Gasteiger partial charge in [-0.05, 0) is 41.1 Å². The van der Waals surface area contributed by atoms with Crippen LogP contribution in [0.5, 0.6) is 5.75 Å². The van der Waals surface area contributed by atoms with Gasteiger partial charge >= 0.3 is 0 Å². The monoisotopic (exact) mass is 287 g/mol. The van der Waals surface area contributed by atoms with Crippen LogP contribution in [0.3, 0.4) is 0 Å². The lowest BCUT2D eigenvalue weighted by molar-refractivity contribution is 0.476. The maximum Gasteiger partial charge on any atom is 0.255 e. The minimum atomic E-state index is -0.0884. The van der Waals surface area contributed by atoms with Crippen LogP contribution in [0.2, 0.25) is 0 Å². The molecule has 0 aliphatic carbocycles. The summed E-state index contributed by atoms with van der Waals surface area (Å²) in [5.74, 6) is 0.188. The molecular weight excluding hydrogens is 274 g/mol. The van der Waals surface area contributed by atoms with Crippen molar-refractivity contribution in [1.29, 1.82) is 0 Å². The number of phenolic OH excluding ortho intramolecular Hbond substituents is 1. The molecule has 0 aliphatic rings. The fraction of sp³-hybridized carbons (Fsp3) is 0. The van der Waals surface area contributed by atoms with Crippen LogP contribution >= 0.6 is 0 Å². The highest BCUT2D eigenvalue weighted by molar-refractivity contribution is 5.93. The van der Waals surface area contributed by atoms with Gasteiger partial charge in [0.25, 0.3) is 5.56 Å². The Bertz CT molecular complexity index is 1060. The van der Waals surface area contributed by atoms with E-state index in [1.165, 1.54) is 0 Å². The summed E-state index contributed by atoms with van der Waals surface area (Å²) in [6.45, 7) is 0. The van der Waals surface area contributed by atoms with Crippen molar-refractivity contribution in [1.82, 2.24) is 4.57 Å². The average Bonchev–Trinajstić information content (AvgIpc) is 2.54. The average molecular weight is 287 g/mol. The largest absolute Gasteiger partial charge is 0.508 e. The third-order valence-electron chi connectivity index (χ3n) is 3.89. The number of para-hydroxylation sites is 1. The van der Waals surface area contributed by atoms with Gasteiger partial charge < -0.3 is 5.11 Å². The van der Waals surface area contributed by atoms with E-state index in [9.17, 15) is 9.90 Å². The molecule has 0 saturated heterocycles. The minimum Gasteiger partial charge on any atom is -0.508 e. The highest BCUT2D eigenvalue weighted by Crippen LogP contribution is 2.27. The van der Waals surface area contributed by atoms with E-state index in [0.717, 1.165) is 27.4 Å². The number of aromatic nitrogens is 1. The lowest BCUT2D eigenvalue weighted by Gasteiger charge is -2.13. The molecule has 0 spiro atoms. The molecule has 0 radical (unpaired) electrons. The van der Waals surface area contributed by atoms with Crippen molar-refractivity contribution < 1.29 is 5.11 Å². The first-order valence-electron chi connectivity index (χ1n) is 7.07. The highest BCUT2D eigenvalue weighted by atomic mass is 16.3. The van der Waals surface area contributed by atoms with E-state index in [1.807, 2.05) is 54.6 Å². The van der Waals surface area contributed by atoms with E-state index in [0.29, 0.717) is 0 Å². The Morgan fingerprint density at radius 2 is 1.55 bits per heavy atom. The molecule has 106 valence electrons. The normalized spacial score (nSPS) is 11.1. The highest BCUT2D eigenvalue weighted by Gasteiger charge is 2.09. The first kappa shape index (κ1) is 12.7. The molecule has 4 aromatic rings. The van der Waals surface area contributed by atoms with Gasteiger partial charge in [0.1, 0.15) is 5.75 Å². The SMILES string of the molecule is O=c1ccc2ccccc2n1-c1cccc2ccc(O)cc12. The molecule has 22 heavy (non-hydrogen) atoms. The van der Waals surface area contributed by atoms with E-state index >= 15 is 0 Å². The molecule has 3 nitrogen and oxygen atoms in total. The predicted molar refractivity (Wildman–Crippen MR) is 88.7 cm³/mol. The third-order valence-corrected chi connectivity index (χ3v) is 3.89. The van der Waals surface area contributed by atoms with Gasteiger partial charge in [-0.3, -0.25) is 9.36 Å². The van der Waals surface area contributed by atoms with Gasteiger partial charge in [-0.2, -0.15) is 0 Å². The van der Waals surface area contributed by atoms with Crippen molar-refractivity contribution in [2.24, 2.45) is 0 Å². The molecule has 0 atom stereocenters. The standard InChI is InChI=1S/C19H13NO2/c21-15-10-8-13-5-3-7-18(16(13)12-15)20-17-6-2-1-4-14(17)9-11-19(20)22/h1-12,21H. The Balaban J connectivity index is 2.19. The number of fused-ring (bicyclic) bond motifs is 2. The zero-order valence-electron chi connectivity index (χ0n) is 11.7. The lowest BCUT2D eigenvalue weighted by atomic mass is 10.1. The molecular formula is C19H13NO2. The van der Waals surface area contributed by atoms with Crippen LogP contribution in [-0.4, -0.2) is 9.67 Å². The topological polar surface area (TPSA) is 42.2 Å². The number of phenols is 1. The smallest absolute Gasteiger partial charge is 0.255 e. The number of benzene rings is 3. The summed E-state index contributed by atoms with van der Waals surface area (Å²) < 4.78 is 1.69. The molecule has 0 aliphatic heterocycles. The van der Waals surface area contributed by atoms with Crippen LogP contribution in [0.1, 0.15) is 0 Å². The minimum absolute atomic E-state index is 0.0884. The third kappa shape index (κ3) is 1.87. The second-order valence-electron chi connectivity index (χ2n) is 5.25. The first-order chi connectivity index (χ1) is 10.7. The maximum absolute atomic E-state index is 12.5. The molecule has 1 aromatic heterocycles. The zero-order chi connectivity index (χ0) is 15.1. The number of nitrogens with zero attached hydrogens (tertiary/aromatic N) is 1. The summed E-state index contributed by atoms with van der Waals surface area (Å²) in [6, 6.07) is 22.2. The molecule has 0 amide bonds. The van der Waals surface area contributed by atoms with Crippen LogP contribution < -0.4 is 5.56 Å². The second-order valence-corrected chi connectivity index (χ2v) is 5.25. The molecule has 0 fully saturated rings. The van der Waals surface area contributed by atoms with E-state index < -0.39 is 0 Å². The second kappa shape index (κ2) is 4.74. The van der Waals surface area contributed by atoms with Crippen molar-refractivity contribution in [2.75, 3.05) is 0 Å². The van der Waals surface area contributed by atoms with Crippen molar-refractivity contribution >= 4 is 21.7 Å². The summed E-state index contributed by atoms with van der Waals surface area (Å²) in [4.78, 5) is 12.5. The molecule has 0 bridgehead atoms. The van der Waals surface area contributed by atoms with Gasteiger partial charge in [0.15, 0.2) is 0 Å². The van der Waals surface area contributed by atoms with E-state index in [-0.39, 0.29) is 11.3 Å². The Morgan fingerprint density at radius 3 is 2.45 bits per heavy atom. The number of rotatable bonds is 1. The van der Waals surface area contributed by atoms with Crippen LogP contribution in [0.4, 0.5) is 0 Å². The van der Waals surface area contributed by atoms with Gasteiger partial charge in [0, 0.05) is 11.5 Å². The molecule has 1 N–H and O–H groups in total. The molecule has 3 aromatic carbocycles. The van der Waals surface area contributed by atoms with E-state index in [2.05, 4.69) is 0 Å². The van der Waals surface area contributed by atoms with Crippen LogP contribution in [0, 0.1) is 0 Å². The number of hydrogen-bond donors (Lipinski definition) is 1. The summed E-state index contributed by atoms with van der Waals surface area (Å²) in [6.07, 6.45) is 0. The first-order valence-corrected chi connectivity index (χ1v) is 7.07. The van der Waals surface area contributed by atoms with Crippen molar-refractivity contribution in [3.8, 4) is 11.4 Å². The number of pyridine rings is 1. The quantitative estimate of drug-likeness (QED) is 0.578. The summed E-state index contributed by atoms with van der Waals surface area (Å²) >= 11 is 0. The summed E-state index contributed by atoms with van der Waals surface area (Å²) in [7, 11) is 0. The van der Waals surface area contributed by atoms with Gasteiger partial charge in [-0.1, -0.05) is 36.4 Å². The van der Waals surface area contributed by atoms with Gasteiger partial charge in [-0.15, -0.1) is 0 Å². The zero-order valence-corrected chi connectivity index (χ0v) is 11.7. The van der Waals surface area contributed by atoms with Gasteiger partial charge in [-0.25, -0.2) is 0 Å². The van der Waals surface area contributed by atoms with Crippen molar-refractivity contribution in [2.45, 2.75) is 0 Å². The Morgan fingerprint density at radius 1 is 0.773 bits per heavy atom. The van der Waals surface area contributed by atoms with E-state index in [4.69, 9.17) is 0 Å². The van der Waals surface area contributed by atoms with E-state index in [1.54, 1.807) is 22.8 Å². The maximum atomic E-state index is 12.5. The Kier molecular flexibility index (Phi) is 2.73. The van der Waals surface area contributed by atoms with Crippen LogP contribution in [0.25, 0.3) is 27.4 Å². The Hall–Kier alpha value is -3.07. The summed E-state index contributed by atoms with van der Waals surface area (Å²) in [5, 5.41) is 12.6. The molecule has 3 heteroatoms.